The molecule has 1 heterocycles. The molecule has 0 saturated heterocycles. The Hall–Kier alpha value is -0.770. The van der Waals surface area contributed by atoms with Gasteiger partial charge >= 0.3 is 0 Å². The minimum atomic E-state index is 0.415. The van der Waals surface area contributed by atoms with E-state index in [0.29, 0.717) is 4.84 Å². The molecule has 1 aromatic rings. The minimum Gasteiger partial charge on any atom is -0.436 e. The molecule has 0 aliphatic carbocycles. The van der Waals surface area contributed by atoms with E-state index in [4.69, 9.17) is 16.6 Å². The highest BCUT2D eigenvalue weighted by molar-refractivity contribution is 7.71. The van der Waals surface area contributed by atoms with E-state index < -0.39 is 0 Å². The third-order valence-electron chi connectivity index (χ3n) is 0.990. The van der Waals surface area contributed by atoms with Gasteiger partial charge in [-0.2, -0.15) is 0 Å². The van der Waals surface area contributed by atoms with Crippen LogP contribution in [0.3, 0.4) is 0 Å². The second-order valence-electron chi connectivity index (χ2n) is 1.93. The highest BCUT2D eigenvalue weighted by Crippen LogP contribution is 2.05. The van der Waals surface area contributed by atoms with Gasteiger partial charge in [-0.3, -0.25) is 0 Å². The fraction of sp³-hybridized carbons (Fsp3) is 0.400. The largest absolute Gasteiger partial charge is 0.436 e. The van der Waals surface area contributed by atoms with E-state index >= 15 is 0 Å². The smallest absolute Gasteiger partial charge is 0.267 e. The summed E-state index contributed by atoms with van der Waals surface area (Å²) in [4.78, 5) is 5.15. The molecule has 0 aliphatic rings. The van der Waals surface area contributed by atoms with Crippen LogP contribution in [0.15, 0.2) is 10.7 Å². The maximum absolute atomic E-state index is 4.84. The van der Waals surface area contributed by atoms with E-state index in [2.05, 4.69) is 4.98 Å². The van der Waals surface area contributed by atoms with Crippen LogP contribution in [-0.2, 0) is 0 Å². The zero-order chi connectivity index (χ0) is 6.85. The molecule has 0 saturated carbocycles. The van der Waals surface area contributed by atoms with Gasteiger partial charge < -0.3 is 14.3 Å². The molecule has 0 radical (unpaired) electrons. The summed E-state index contributed by atoms with van der Waals surface area (Å²) in [7, 11) is 3.83. The summed E-state index contributed by atoms with van der Waals surface area (Å²) >= 11 is 4.70. The molecule has 0 spiro atoms. The van der Waals surface area contributed by atoms with Crippen molar-refractivity contribution in [1.29, 1.82) is 0 Å². The number of aromatic amines is 1. The first-order valence-electron chi connectivity index (χ1n) is 2.55. The molecule has 9 heavy (non-hydrogen) atoms. The van der Waals surface area contributed by atoms with Crippen LogP contribution in [-0.4, -0.2) is 19.1 Å². The van der Waals surface area contributed by atoms with Crippen LogP contribution in [0.25, 0.3) is 0 Å². The van der Waals surface area contributed by atoms with Gasteiger partial charge in [-0.05, 0) is 12.2 Å². The maximum Gasteiger partial charge on any atom is 0.267 e. The second kappa shape index (κ2) is 2.23. The lowest BCUT2D eigenvalue weighted by molar-refractivity contribution is 0.540. The molecule has 0 atom stereocenters. The lowest BCUT2D eigenvalue weighted by Gasteiger charge is -2.05. The number of oxazole rings is 1. The van der Waals surface area contributed by atoms with Gasteiger partial charge in [0.05, 0.1) is 0 Å². The lowest BCUT2D eigenvalue weighted by atomic mass is 10.7. The van der Waals surface area contributed by atoms with Gasteiger partial charge in [0, 0.05) is 14.1 Å². The van der Waals surface area contributed by atoms with Gasteiger partial charge in [0.15, 0.2) is 0 Å². The van der Waals surface area contributed by atoms with E-state index in [1.807, 2.05) is 19.0 Å². The van der Waals surface area contributed by atoms with Crippen molar-refractivity contribution in [2.75, 3.05) is 19.0 Å². The van der Waals surface area contributed by atoms with E-state index in [0.717, 1.165) is 5.82 Å². The first-order chi connectivity index (χ1) is 4.20. The molecule has 0 amide bonds. The fourth-order valence-corrected chi connectivity index (χ4v) is 0.643. The molecule has 0 bridgehead atoms. The molecule has 0 aliphatic heterocycles. The van der Waals surface area contributed by atoms with E-state index in [-0.39, 0.29) is 0 Å². The number of rotatable bonds is 1. The quantitative estimate of drug-likeness (QED) is 0.605. The predicted molar refractivity (Wildman–Crippen MR) is 38.2 cm³/mol. The molecular weight excluding hydrogens is 136 g/mol. The summed E-state index contributed by atoms with van der Waals surface area (Å²) in [5, 5.41) is 0. The maximum atomic E-state index is 4.84. The van der Waals surface area contributed by atoms with E-state index in [1.54, 1.807) is 6.26 Å². The van der Waals surface area contributed by atoms with Gasteiger partial charge in [-0.1, -0.05) is 0 Å². The number of hydrogen-bond donors (Lipinski definition) is 1. The highest BCUT2D eigenvalue weighted by atomic mass is 32.1. The summed E-state index contributed by atoms with van der Waals surface area (Å²) in [6, 6.07) is 0. The average molecular weight is 144 g/mol. The van der Waals surface area contributed by atoms with Crippen LogP contribution in [0.1, 0.15) is 0 Å². The van der Waals surface area contributed by atoms with Crippen LogP contribution in [0.4, 0.5) is 5.82 Å². The molecule has 50 valence electrons. The van der Waals surface area contributed by atoms with Crippen LogP contribution >= 0.6 is 12.2 Å². The van der Waals surface area contributed by atoms with Crippen molar-refractivity contribution >= 4 is 18.0 Å². The molecule has 4 heteroatoms. The Morgan fingerprint density at radius 2 is 2.33 bits per heavy atom. The fourth-order valence-electron chi connectivity index (χ4n) is 0.490. The van der Waals surface area contributed by atoms with Crippen molar-refractivity contribution in [3.63, 3.8) is 0 Å². The van der Waals surface area contributed by atoms with E-state index in [1.165, 1.54) is 0 Å². The van der Waals surface area contributed by atoms with Crippen LogP contribution in [0.5, 0.6) is 0 Å². The summed E-state index contributed by atoms with van der Waals surface area (Å²) in [5.74, 6) is 0.889. The standard InChI is InChI=1S/C5H8N2OS/c1-7(2)4-3-8-5(9)6-4/h3H,1-2H3,(H,6,9). The lowest BCUT2D eigenvalue weighted by Crippen LogP contribution is -2.08. The van der Waals surface area contributed by atoms with Crippen LogP contribution < -0.4 is 4.90 Å². The number of hydrogen-bond acceptors (Lipinski definition) is 3. The normalized spacial score (nSPS) is 9.56. The molecule has 3 nitrogen and oxygen atoms in total. The highest BCUT2D eigenvalue weighted by Gasteiger charge is 1.94. The SMILES string of the molecule is CN(C)c1coc(=S)[nH]1. The molecule has 0 unspecified atom stereocenters. The second-order valence-corrected chi connectivity index (χ2v) is 2.30. The molecule has 0 fully saturated rings. The third-order valence-corrected chi connectivity index (χ3v) is 1.19. The molecule has 1 aromatic heterocycles. The van der Waals surface area contributed by atoms with Crippen molar-refractivity contribution in [3.05, 3.63) is 11.1 Å². The first kappa shape index (κ1) is 6.35. The molecule has 1 N–H and O–H groups in total. The Balaban J connectivity index is 2.98. The predicted octanol–water partition coefficient (Wildman–Crippen LogP) is 1.40. The Morgan fingerprint density at radius 3 is 2.56 bits per heavy atom. The van der Waals surface area contributed by atoms with Gasteiger partial charge in [-0.25, -0.2) is 0 Å². The van der Waals surface area contributed by atoms with Crippen molar-refractivity contribution < 1.29 is 4.42 Å². The zero-order valence-electron chi connectivity index (χ0n) is 5.34. The molecular formula is C5H8N2OS. The Morgan fingerprint density at radius 1 is 1.67 bits per heavy atom. The number of anilines is 1. The van der Waals surface area contributed by atoms with E-state index in [9.17, 15) is 0 Å². The minimum absolute atomic E-state index is 0.415. The summed E-state index contributed by atoms with van der Waals surface area (Å²) < 4.78 is 4.84. The molecule has 1 rings (SSSR count). The number of H-pyrrole nitrogens is 1. The topological polar surface area (TPSA) is 32.2 Å². The van der Waals surface area contributed by atoms with Crippen molar-refractivity contribution in [2.45, 2.75) is 0 Å². The number of aromatic nitrogens is 1. The number of nitrogens with one attached hydrogen (secondary N) is 1. The van der Waals surface area contributed by atoms with Gasteiger partial charge in [0.25, 0.3) is 4.84 Å². The first-order valence-corrected chi connectivity index (χ1v) is 2.96. The van der Waals surface area contributed by atoms with Gasteiger partial charge in [0.1, 0.15) is 12.1 Å². The Kier molecular flexibility index (Phi) is 1.57. The van der Waals surface area contributed by atoms with Gasteiger partial charge in [-0.15, -0.1) is 0 Å². The van der Waals surface area contributed by atoms with Crippen LogP contribution in [0, 0.1) is 4.84 Å². The van der Waals surface area contributed by atoms with Crippen molar-refractivity contribution in [3.8, 4) is 0 Å². The zero-order valence-corrected chi connectivity index (χ0v) is 6.16. The summed E-state index contributed by atoms with van der Waals surface area (Å²) in [6.07, 6.45) is 1.59. The van der Waals surface area contributed by atoms with Gasteiger partial charge in [0.2, 0.25) is 0 Å². The van der Waals surface area contributed by atoms with Crippen molar-refractivity contribution in [2.24, 2.45) is 0 Å². The van der Waals surface area contributed by atoms with Crippen molar-refractivity contribution in [1.82, 2.24) is 4.98 Å². The third kappa shape index (κ3) is 1.32. The Labute approximate surface area is 58.3 Å². The number of nitrogens with zero attached hydrogens (tertiary/aromatic N) is 1. The summed E-state index contributed by atoms with van der Waals surface area (Å²) in [6.45, 7) is 0. The average Bonchev–Trinajstić information content (AvgIpc) is 2.14. The molecule has 0 aromatic carbocycles. The van der Waals surface area contributed by atoms with Crippen LogP contribution in [0.2, 0.25) is 0 Å². The summed E-state index contributed by atoms with van der Waals surface area (Å²) in [5.41, 5.74) is 0. The Bertz CT molecular complexity index is 237. The monoisotopic (exact) mass is 144 g/mol.